The Morgan fingerprint density at radius 3 is 3.14 bits per heavy atom. The molecule has 0 aromatic rings. The van der Waals surface area contributed by atoms with Gasteiger partial charge in [-0.15, -0.1) is 0 Å². The highest BCUT2D eigenvalue weighted by atomic mass is 16.5. The molecule has 1 spiro atoms. The first kappa shape index (κ1) is 7.92. The van der Waals surface area contributed by atoms with E-state index in [0.29, 0.717) is 17.6 Å². The molecule has 2 unspecified atom stereocenters. The first-order valence-electron chi connectivity index (χ1n) is 6.22. The maximum Gasteiger partial charge on any atom is 0.0824 e. The first-order valence-corrected chi connectivity index (χ1v) is 6.22. The highest BCUT2D eigenvalue weighted by Crippen LogP contribution is 2.61. The molecule has 3 aliphatic carbocycles. The molecule has 0 amide bonds. The molecule has 3 saturated carbocycles. The lowest BCUT2D eigenvalue weighted by Crippen LogP contribution is -2.40. The average Bonchev–Trinajstić information content (AvgIpc) is 2.67. The molecule has 76 valence electrons. The van der Waals surface area contributed by atoms with E-state index in [1.165, 1.54) is 38.5 Å². The quantitative estimate of drug-likeness (QED) is 0.534. The van der Waals surface area contributed by atoms with Crippen molar-refractivity contribution in [1.29, 1.82) is 0 Å². The third-order valence-corrected chi connectivity index (χ3v) is 5.34. The highest BCUT2D eigenvalue weighted by Gasteiger charge is 2.59. The van der Waals surface area contributed by atoms with Gasteiger partial charge in [0.1, 0.15) is 0 Å². The minimum atomic E-state index is 0.497. The molecule has 5 rings (SSSR count). The van der Waals surface area contributed by atoms with Crippen LogP contribution in [0.5, 0.6) is 0 Å². The van der Waals surface area contributed by atoms with Crippen molar-refractivity contribution in [2.45, 2.75) is 50.7 Å². The SMILES string of the molecule is C1=C[C@H]2O[C@@H]1C13CCCC(CC1)C[C@H]23. The topological polar surface area (TPSA) is 9.23 Å². The van der Waals surface area contributed by atoms with E-state index >= 15 is 0 Å². The van der Waals surface area contributed by atoms with Gasteiger partial charge >= 0.3 is 0 Å². The maximum absolute atomic E-state index is 6.08. The normalized spacial score (nSPS) is 58.9. The summed E-state index contributed by atoms with van der Waals surface area (Å²) in [7, 11) is 0. The van der Waals surface area contributed by atoms with E-state index in [9.17, 15) is 0 Å². The second-order valence-electron chi connectivity index (χ2n) is 5.78. The Morgan fingerprint density at radius 1 is 1.14 bits per heavy atom. The molecule has 2 aliphatic heterocycles. The van der Waals surface area contributed by atoms with Crippen LogP contribution in [0.2, 0.25) is 0 Å². The number of rotatable bonds is 0. The lowest BCUT2D eigenvalue weighted by molar-refractivity contribution is 0.0635. The smallest absolute Gasteiger partial charge is 0.0824 e. The summed E-state index contributed by atoms with van der Waals surface area (Å²) in [6.07, 6.45) is 14.5. The van der Waals surface area contributed by atoms with Crippen molar-refractivity contribution in [3.05, 3.63) is 12.2 Å². The number of fused-ring (bicyclic) bond motifs is 5. The predicted octanol–water partition coefficient (Wildman–Crippen LogP) is 2.91. The van der Waals surface area contributed by atoms with Gasteiger partial charge in [-0.25, -0.2) is 0 Å². The van der Waals surface area contributed by atoms with Gasteiger partial charge in [-0.2, -0.15) is 0 Å². The Bertz CT molecular complexity index is 292. The summed E-state index contributed by atoms with van der Waals surface area (Å²) in [5.41, 5.74) is 0.590. The van der Waals surface area contributed by atoms with Gasteiger partial charge in [0.05, 0.1) is 12.2 Å². The van der Waals surface area contributed by atoms with Crippen LogP contribution in [0.3, 0.4) is 0 Å². The summed E-state index contributed by atoms with van der Waals surface area (Å²) in [4.78, 5) is 0. The number of ether oxygens (including phenoxy) is 1. The molecule has 14 heavy (non-hydrogen) atoms. The fourth-order valence-electron chi connectivity index (χ4n) is 4.65. The predicted molar refractivity (Wildman–Crippen MR) is 54.9 cm³/mol. The van der Waals surface area contributed by atoms with Crippen molar-refractivity contribution in [3.8, 4) is 0 Å². The summed E-state index contributed by atoms with van der Waals surface area (Å²) in [6.45, 7) is 0. The van der Waals surface area contributed by atoms with Gasteiger partial charge in [-0.1, -0.05) is 25.0 Å². The zero-order valence-corrected chi connectivity index (χ0v) is 8.61. The Hall–Kier alpha value is -0.300. The van der Waals surface area contributed by atoms with E-state index in [1.54, 1.807) is 0 Å². The molecule has 0 aromatic carbocycles. The Balaban J connectivity index is 1.82. The number of hydrogen-bond acceptors (Lipinski definition) is 1. The molecule has 4 bridgehead atoms. The molecule has 0 radical (unpaired) electrons. The summed E-state index contributed by atoms with van der Waals surface area (Å²) >= 11 is 0. The van der Waals surface area contributed by atoms with Gasteiger partial charge in [0.25, 0.3) is 0 Å². The lowest BCUT2D eigenvalue weighted by Gasteiger charge is -2.43. The van der Waals surface area contributed by atoms with Crippen LogP contribution < -0.4 is 0 Å². The molecule has 5 aliphatic rings. The fourth-order valence-corrected chi connectivity index (χ4v) is 4.65. The average molecular weight is 190 g/mol. The minimum Gasteiger partial charge on any atom is -0.366 e. The molecule has 0 aromatic heterocycles. The molecule has 5 atom stereocenters. The standard InChI is InChI=1S/C13H18O/c1-2-9-5-7-13(6-1)10(8-9)11-3-4-12(13)14-11/h3-4,9-12H,1-2,5-8H2/t9?,10-,11-,12+,13?/m1/s1. The van der Waals surface area contributed by atoms with Crippen LogP contribution in [0.15, 0.2) is 12.2 Å². The van der Waals surface area contributed by atoms with Gasteiger partial charge in [0, 0.05) is 5.41 Å². The van der Waals surface area contributed by atoms with Crippen molar-refractivity contribution >= 4 is 0 Å². The molecular formula is C13H18O. The van der Waals surface area contributed by atoms with Gasteiger partial charge < -0.3 is 4.74 Å². The van der Waals surface area contributed by atoms with Crippen LogP contribution in [0.1, 0.15) is 38.5 Å². The van der Waals surface area contributed by atoms with Crippen molar-refractivity contribution in [2.24, 2.45) is 17.3 Å². The Morgan fingerprint density at radius 2 is 2.14 bits per heavy atom. The van der Waals surface area contributed by atoms with Crippen molar-refractivity contribution in [2.75, 3.05) is 0 Å². The number of hydrogen-bond donors (Lipinski definition) is 0. The van der Waals surface area contributed by atoms with Crippen LogP contribution in [0, 0.1) is 17.3 Å². The maximum atomic E-state index is 6.08. The van der Waals surface area contributed by atoms with E-state index in [1.807, 2.05) is 0 Å². The third-order valence-electron chi connectivity index (χ3n) is 5.34. The monoisotopic (exact) mass is 190 g/mol. The van der Waals surface area contributed by atoms with Gasteiger partial charge in [0.15, 0.2) is 0 Å². The zero-order chi connectivity index (χ0) is 9.17. The third kappa shape index (κ3) is 0.770. The van der Waals surface area contributed by atoms with Crippen LogP contribution in [0.4, 0.5) is 0 Å². The van der Waals surface area contributed by atoms with Crippen LogP contribution in [-0.4, -0.2) is 12.2 Å². The summed E-state index contributed by atoms with van der Waals surface area (Å²) in [5, 5.41) is 0. The molecule has 0 N–H and O–H groups in total. The van der Waals surface area contributed by atoms with E-state index < -0.39 is 0 Å². The van der Waals surface area contributed by atoms with E-state index in [2.05, 4.69) is 12.2 Å². The van der Waals surface area contributed by atoms with E-state index in [-0.39, 0.29) is 0 Å². The largest absolute Gasteiger partial charge is 0.366 e. The minimum absolute atomic E-state index is 0.497. The Labute approximate surface area is 85.5 Å². The van der Waals surface area contributed by atoms with Crippen molar-refractivity contribution < 1.29 is 4.74 Å². The van der Waals surface area contributed by atoms with Gasteiger partial charge in [0.2, 0.25) is 0 Å². The Kier molecular flexibility index (Phi) is 1.38. The van der Waals surface area contributed by atoms with Crippen molar-refractivity contribution in [1.82, 2.24) is 0 Å². The summed E-state index contributed by atoms with van der Waals surface area (Å²) in [5.74, 6) is 1.92. The van der Waals surface area contributed by atoms with Crippen LogP contribution in [0.25, 0.3) is 0 Å². The molecular weight excluding hydrogens is 172 g/mol. The summed E-state index contributed by atoms with van der Waals surface area (Å²) < 4.78 is 6.08. The van der Waals surface area contributed by atoms with E-state index in [0.717, 1.165) is 11.8 Å². The van der Waals surface area contributed by atoms with Crippen LogP contribution in [-0.2, 0) is 4.74 Å². The fraction of sp³-hybridized carbons (Fsp3) is 0.846. The second kappa shape index (κ2) is 2.44. The highest BCUT2D eigenvalue weighted by molar-refractivity contribution is 5.22. The van der Waals surface area contributed by atoms with Gasteiger partial charge in [-0.3, -0.25) is 0 Å². The molecule has 2 heterocycles. The molecule has 1 nitrogen and oxygen atoms in total. The molecule has 4 fully saturated rings. The first-order chi connectivity index (χ1) is 6.88. The van der Waals surface area contributed by atoms with Gasteiger partial charge in [-0.05, 0) is 37.5 Å². The summed E-state index contributed by atoms with van der Waals surface area (Å²) in [6, 6.07) is 0. The van der Waals surface area contributed by atoms with Crippen LogP contribution >= 0.6 is 0 Å². The van der Waals surface area contributed by atoms with Crippen molar-refractivity contribution in [3.63, 3.8) is 0 Å². The second-order valence-corrected chi connectivity index (χ2v) is 5.78. The zero-order valence-electron chi connectivity index (χ0n) is 8.61. The molecule has 1 heteroatoms. The van der Waals surface area contributed by atoms with E-state index in [4.69, 9.17) is 4.74 Å². The lowest BCUT2D eigenvalue weighted by atomic mass is 9.59. The molecule has 1 saturated heterocycles.